The van der Waals surface area contributed by atoms with E-state index in [0.717, 1.165) is 5.75 Å². The molecule has 0 radical (unpaired) electrons. The van der Waals surface area contributed by atoms with E-state index in [9.17, 15) is 18.0 Å². The fourth-order valence-electron chi connectivity index (χ4n) is 2.86. The fraction of sp³-hybridized carbons (Fsp3) is 0.526. The smallest absolute Gasteiger partial charge is 0.251 e. The minimum atomic E-state index is -3.68. The number of carbonyl (C=O) groups excluding carboxylic acids is 2. The molecule has 1 aromatic rings. The Morgan fingerprint density at radius 2 is 1.93 bits per heavy atom. The first-order valence-electron chi connectivity index (χ1n) is 9.59. The van der Waals surface area contributed by atoms with Gasteiger partial charge in [-0.2, -0.15) is 4.31 Å². The number of amides is 2. The van der Waals surface area contributed by atoms with Crippen molar-refractivity contribution in [1.29, 1.82) is 0 Å². The van der Waals surface area contributed by atoms with E-state index in [-0.39, 0.29) is 22.3 Å². The molecule has 1 aliphatic heterocycles. The summed E-state index contributed by atoms with van der Waals surface area (Å²) in [5.41, 5.74) is 0.185. The van der Waals surface area contributed by atoms with Crippen LogP contribution in [0.1, 0.15) is 38.1 Å². The Morgan fingerprint density at radius 1 is 1.24 bits per heavy atom. The van der Waals surface area contributed by atoms with E-state index in [2.05, 4.69) is 15.6 Å². The number of amidine groups is 1. The number of nitrogens with one attached hydrogen (secondary N) is 2. The van der Waals surface area contributed by atoms with Gasteiger partial charge in [-0.15, -0.1) is 0 Å². The summed E-state index contributed by atoms with van der Waals surface area (Å²) in [5, 5.41) is 6.02. The van der Waals surface area contributed by atoms with E-state index in [4.69, 9.17) is 0 Å². The lowest BCUT2D eigenvalue weighted by atomic mass is 10.0. The molecule has 2 N–H and O–H groups in total. The quantitative estimate of drug-likeness (QED) is 0.640. The second kappa shape index (κ2) is 10.2. The van der Waals surface area contributed by atoms with Crippen molar-refractivity contribution < 1.29 is 18.0 Å². The second-order valence-electron chi connectivity index (χ2n) is 6.84. The first-order valence-corrected chi connectivity index (χ1v) is 12.0. The number of rotatable bonds is 8. The zero-order valence-corrected chi connectivity index (χ0v) is 18.8. The summed E-state index contributed by atoms with van der Waals surface area (Å²) in [6.45, 7) is 8.52. The summed E-state index contributed by atoms with van der Waals surface area (Å²) in [6.07, 6.45) is 0. The molecule has 1 atom stereocenters. The number of aliphatic imine (C=N–C) groups is 1. The van der Waals surface area contributed by atoms with Gasteiger partial charge < -0.3 is 10.6 Å². The molecule has 29 heavy (non-hydrogen) atoms. The van der Waals surface area contributed by atoms with Crippen LogP contribution in [0.25, 0.3) is 0 Å². The zero-order valence-electron chi connectivity index (χ0n) is 17.1. The van der Waals surface area contributed by atoms with Crippen LogP contribution in [0.3, 0.4) is 0 Å². The van der Waals surface area contributed by atoms with Gasteiger partial charge in [-0.25, -0.2) is 8.42 Å². The van der Waals surface area contributed by atoms with Crippen molar-refractivity contribution in [2.75, 3.05) is 25.4 Å². The molecule has 0 unspecified atom stereocenters. The Bertz CT molecular complexity index is 880. The van der Waals surface area contributed by atoms with Gasteiger partial charge in [0.2, 0.25) is 15.9 Å². The topological polar surface area (TPSA) is 108 Å². The molecular weight excluding hydrogens is 412 g/mol. The van der Waals surface area contributed by atoms with Crippen molar-refractivity contribution in [2.24, 2.45) is 10.9 Å². The highest BCUT2D eigenvalue weighted by atomic mass is 32.2. The third-order valence-corrected chi connectivity index (χ3v) is 7.43. The highest BCUT2D eigenvalue weighted by Gasteiger charge is 2.27. The Hall–Kier alpha value is -1.91. The number of carbonyl (C=O) groups is 2. The molecule has 0 aliphatic carbocycles. The highest BCUT2D eigenvalue weighted by molar-refractivity contribution is 8.14. The maximum absolute atomic E-state index is 12.8. The molecule has 2 amide bonds. The second-order valence-corrected chi connectivity index (χ2v) is 9.86. The van der Waals surface area contributed by atoms with Gasteiger partial charge in [0.15, 0.2) is 5.17 Å². The van der Waals surface area contributed by atoms with Gasteiger partial charge >= 0.3 is 0 Å². The number of thioether (sulfide) groups is 1. The first kappa shape index (κ1) is 23.4. The maximum Gasteiger partial charge on any atom is 0.251 e. The van der Waals surface area contributed by atoms with Crippen molar-refractivity contribution >= 4 is 38.8 Å². The van der Waals surface area contributed by atoms with Gasteiger partial charge in [-0.05, 0) is 24.1 Å². The molecular formula is C19H28N4O4S2. The molecule has 160 valence electrons. The predicted molar refractivity (Wildman–Crippen MR) is 116 cm³/mol. The van der Waals surface area contributed by atoms with E-state index in [1.54, 1.807) is 13.8 Å². The van der Waals surface area contributed by atoms with Crippen LogP contribution < -0.4 is 10.6 Å². The maximum atomic E-state index is 12.8. The lowest BCUT2D eigenvalue weighted by molar-refractivity contribution is -0.122. The zero-order chi connectivity index (χ0) is 21.6. The molecule has 0 spiro atoms. The number of benzene rings is 1. The molecule has 1 aliphatic rings. The van der Waals surface area contributed by atoms with E-state index in [0.29, 0.717) is 24.8 Å². The predicted octanol–water partition coefficient (Wildman–Crippen LogP) is 1.69. The lowest BCUT2D eigenvalue weighted by Gasteiger charge is -2.22. The number of nitrogens with zero attached hydrogens (tertiary/aromatic N) is 2. The Balaban J connectivity index is 2.19. The summed E-state index contributed by atoms with van der Waals surface area (Å²) in [7, 11) is -3.68. The summed E-state index contributed by atoms with van der Waals surface area (Å²) in [6, 6.07) is 5.10. The number of hydrogen-bond donors (Lipinski definition) is 2. The van der Waals surface area contributed by atoms with Crippen LogP contribution in [0.5, 0.6) is 0 Å². The summed E-state index contributed by atoms with van der Waals surface area (Å²) in [4.78, 5) is 29.6. The Kier molecular flexibility index (Phi) is 8.23. The highest BCUT2D eigenvalue weighted by Crippen LogP contribution is 2.17. The minimum Gasteiger partial charge on any atom is -0.340 e. The van der Waals surface area contributed by atoms with Crippen LogP contribution in [0.4, 0.5) is 0 Å². The van der Waals surface area contributed by atoms with Crippen molar-refractivity contribution in [3.8, 4) is 0 Å². The van der Waals surface area contributed by atoms with Crippen LogP contribution in [0, 0.1) is 5.92 Å². The molecule has 0 fully saturated rings. The lowest BCUT2D eigenvalue weighted by Crippen LogP contribution is -2.50. The van der Waals surface area contributed by atoms with Gasteiger partial charge in [0.05, 0.1) is 11.4 Å². The average molecular weight is 441 g/mol. The molecule has 10 heteroatoms. The van der Waals surface area contributed by atoms with Crippen LogP contribution in [0.15, 0.2) is 34.2 Å². The molecule has 1 heterocycles. The molecule has 0 saturated heterocycles. The monoisotopic (exact) mass is 440 g/mol. The summed E-state index contributed by atoms with van der Waals surface area (Å²) in [5.74, 6) is -0.180. The van der Waals surface area contributed by atoms with Crippen LogP contribution in [-0.2, 0) is 14.8 Å². The average Bonchev–Trinajstić information content (AvgIpc) is 3.19. The third kappa shape index (κ3) is 5.80. The molecule has 0 bridgehead atoms. The Morgan fingerprint density at radius 3 is 2.48 bits per heavy atom. The molecule has 0 aromatic heterocycles. The minimum absolute atomic E-state index is 0.0520. The number of hydrogen-bond acceptors (Lipinski definition) is 6. The molecule has 0 saturated carbocycles. The summed E-state index contributed by atoms with van der Waals surface area (Å²) < 4.78 is 26.8. The standard InChI is InChI=1S/C19H28N4O4S2/c1-5-23(6-2)29(26,27)15-9-7-8-14(12-15)17(24)21-16(13(3)4)18(25)22-19-20-10-11-28-19/h7-9,12-13,16H,5-6,10-11H2,1-4H3,(H,21,24)(H,20,22,25)/t16-/m1/s1. The normalized spacial score (nSPS) is 15.3. The van der Waals surface area contributed by atoms with Crippen molar-refractivity contribution in [2.45, 2.75) is 38.6 Å². The van der Waals surface area contributed by atoms with Crippen LogP contribution in [-0.4, -0.2) is 61.1 Å². The van der Waals surface area contributed by atoms with Crippen LogP contribution in [0.2, 0.25) is 0 Å². The van der Waals surface area contributed by atoms with Crippen molar-refractivity contribution in [3.63, 3.8) is 0 Å². The van der Waals surface area contributed by atoms with Gasteiger partial charge in [-0.3, -0.25) is 14.6 Å². The van der Waals surface area contributed by atoms with E-state index in [1.165, 1.54) is 40.3 Å². The summed E-state index contributed by atoms with van der Waals surface area (Å²) >= 11 is 1.46. The van der Waals surface area contributed by atoms with E-state index < -0.39 is 22.0 Å². The SMILES string of the molecule is CCN(CC)S(=O)(=O)c1cccc(C(=O)N[C@@H](C(=O)NC2=NCCS2)C(C)C)c1. The van der Waals surface area contributed by atoms with Crippen molar-refractivity contribution in [1.82, 2.24) is 14.9 Å². The largest absolute Gasteiger partial charge is 0.340 e. The molecule has 2 rings (SSSR count). The fourth-order valence-corrected chi connectivity index (χ4v) is 5.10. The van der Waals surface area contributed by atoms with Gasteiger partial charge in [0.25, 0.3) is 5.91 Å². The van der Waals surface area contributed by atoms with E-state index in [1.807, 2.05) is 13.8 Å². The Labute approximate surface area is 176 Å². The van der Waals surface area contributed by atoms with Crippen LogP contribution >= 0.6 is 11.8 Å². The third-order valence-electron chi connectivity index (χ3n) is 4.49. The van der Waals surface area contributed by atoms with Crippen molar-refractivity contribution in [3.05, 3.63) is 29.8 Å². The van der Waals surface area contributed by atoms with Gasteiger partial charge in [0.1, 0.15) is 6.04 Å². The number of sulfonamides is 1. The molecule has 8 nitrogen and oxygen atoms in total. The van der Waals surface area contributed by atoms with Gasteiger partial charge in [0, 0.05) is 24.4 Å². The first-order chi connectivity index (χ1) is 13.7. The van der Waals surface area contributed by atoms with Gasteiger partial charge in [-0.1, -0.05) is 45.5 Å². The molecule has 1 aromatic carbocycles. The van der Waals surface area contributed by atoms with E-state index >= 15 is 0 Å².